The monoisotopic (exact) mass is 278 g/mol. The molecule has 0 fully saturated rings. The third kappa shape index (κ3) is 4.60. The number of hydrogen-bond acceptors (Lipinski definition) is 4. The largest absolute Gasteiger partial charge is 0.497 e. The molecule has 0 radical (unpaired) electrons. The molecule has 108 valence electrons. The topological polar surface area (TPSA) is 56.5 Å². The minimum absolute atomic E-state index is 0.164. The first-order chi connectivity index (χ1) is 8.91. The van der Waals surface area contributed by atoms with Gasteiger partial charge in [0, 0.05) is 24.1 Å². The summed E-state index contributed by atoms with van der Waals surface area (Å²) in [5, 5.41) is 0. The Morgan fingerprint density at radius 1 is 1.26 bits per heavy atom. The molecule has 1 atom stereocenters. The number of hydrogen-bond donors (Lipinski definition) is 2. The van der Waals surface area contributed by atoms with Crippen LogP contribution < -0.4 is 20.7 Å². The van der Waals surface area contributed by atoms with Crippen molar-refractivity contribution >= 4 is 0 Å². The van der Waals surface area contributed by atoms with Crippen LogP contribution in [0.5, 0.6) is 11.5 Å². The van der Waals surface area contributed by atoms with E-state index in [4.69, 9.17) is 15.3 Å². The van der Waals surface area contributed by atoms with Gasteiger partial charge < -0.3 is 9.47 Å². The quantitative estimate of drug-likeness (QED) is 0.620. The molecule has 1 unspecified atom stereocenters. The molecule has 0 saturated heterocycles. The first-order valence-corrected chi connectivity index (χ1v) is 5.66. The van der Waals surface area contributed by atoms with Crippen LogP contribution in [0.4, 0.5) is 13.2 Å². The van der Waals surface area contributed by atoms with E-state index in [1.807, 2.05) is 0 Å². The average molecular weight is 278 g/mol. The summed E-state index contributed by atoms with van der Waals surface area (Å²) in [6.45, 7) is 0. The number of halogens is 3. The van der Waals surface area contributed by atoms with Crippen molar-refractivity contribution in [2.45, 2.75) is 25.1 Å². The van der Waals surface area contributed by atoms with E-state index in [1.165, 1.54) is 14.2 Å². The van der Waals surface area contributed by atoms with Crippen molar-refractivity contribution in [3.05, 3.63) is 23.8 Å². The van der Waals surface area contributed by atoms with Crippen LogP contribution in [0, 0.1) is 0 Å². The van der Waals surface area contributed by atoms with E-state index in [9.17, 15) is 13.2 Å². The standard InChI is InChI=1S/C12H17F3N2O2/c1-18-8-3-4-9(11(7-8)19-2)10(17-16)5-6-12(13,14)15/h3-4,7,10,17H,5-6,16H2,1-2H3. The molecular weight excluding hydrogens is 261 g/mol. The Bertz CT molecular complexity index is 410. The maximum Gasteiger partial charge on any atom is 0.389 e. The molecule has 1 rings (SSSR count). The summed E-state index contributed by atoms with van der Waals surface area (Å²) >= 11 is 0. The second-order valence-corrected chi connectivity index (χ2v) is 3.98. The Balaban J connectivity index is 2.91. The highest BCUT2D eigenvalue weighted by Crippen LogP contribution is 2.33. The third-order valence-corrected chi connectivity index (χ3v) is 2.73. The number of alkyl halides is 3. The zero-order chi connectivity index (χ0) is 14.5. The molecule has 7 heteroatoms. The second kappa shape index (κ2) is 6.63. The number of rotatable bonds is 6. The van der Waals surface area contributed by atoms with Gasteiger partial charge in [-0.05, 0) is 12.5 Å². The van der Waals surface area contributed by atoms with Gasteiger partial charge in [0.15, 0.2) is 0 Å². The minimum Gasteiger partial charge on any atom is -0.497 e. The lowest BCUT2D eigenvalue weighted by atomic mass is 10.0. The van der Waals surface area contributed by atoms with E-state index in [2.05, 4.69) is 5.43 Å². The van der Waals surface area contributed by atoms with Gasteiger partial charge in [0.25, 0.3) is 0 Å². The van der Waals surface area contributed by atoms with Gasteiger partial charge in [0.05, 0.1) is 14.2 Å². The number of nitrogens with one attached hydrogen (secondary N) is 1. The van der Waals surface area contributed by atoms with Gasteiger partial charge in [-0.2, -0.15) is 13.2 Å². The Labute approximate surface area is 109 Å². The Morgan fingerprint density at radius 2 is 1.95 bits per heavy atom. The Morgan fingerprint density at radius 3 is 2.42 bits per heavy atom. The number of ether oxygens (including phenoxy) is 2. The molecule has 0 spiro atoms. The maximum absolute atomic E-state index is 12.2. The first kappa shape index (κ1) is 15.6. The van der Waals surface area contributed by atoms with Gasteiger partial charge in [-0.15, -0.1) is 0 Å². The van der Waals surface area contributed by atoms with Gasteiger partial charge in [-0.3, -0.25) is 11.3 Å². The van der Waals surface area contributed by atoms with Crippen molar-refractivity contribution < 1.29 is 22.6 Å². The zero-order valence-electron chi connectivity index (χ0n) is 10.8. The molecule has 4 nitrogen and oxygen atoms in total. The minimum atomic E-state index is -4.21. The predicted molar refractivity (Wildman–Crippen MR) is 64.9 cm³/mol. The summed E-state index contributed by atoms with van der Waals surface area (Å²) in [5.41, 5.74) is 2.95. The van der Waals surface area contributed by atoms with Crippen LogP contribution in [0.1, 0.15) is 24.4 Å². The van der Waals surface area contributed by atoms with Crippen molar-refractivity contribution in [3.8, 4) is 11.5 Å². The Hall–Kier alpha value is -1.47. The molecule has 0 bridgehead atoms. The van der Waals surface area contributed by atoms with Crippen LogP contribution in [0.2, 0.25) is 0 Å². The highest BCUT2D eigenvalue weighted by molar-refractivity contribution is 5.42. The van der Waals surface area contributed by atoms with E-state index >= 15 is 0 Å². The molecule has 0 aliphatic heterocycles. The molecule has 0 heterocycles. The fraction of sp³-hybridized carbons (Fsp3) is 0.500. The van der Waals surface area contributed by atoms with Crippen molar-refractivity contribution in [1.29, 1.82) is 0 Å². The number of nitrogens with two attached hydrogens (primary N) is 1. The number of benzene rings is 1. The molecule has 1 aromatic carbocycles. The van der Waals surface area contributed by atoms with Crippen LogP contribution in [0.3, 0.4) is 0 Å². The summed E-state index contributed by atoms with van der Waals surface area (Å²) in [6.07, 6.45) is -5.30. The lowest BCUT2D eigenvalue weighted by Gasteiger charge is -2.20. The SMILES string of the molecule is COc1ccc(C(CCC(F)(F)F)NN)c(OC)c1. The molecule has 0 aliphatic carbocycles. The third-order valence-electron chi connectivity index (χ3n) is 2.73. The molecule has 0 aliphatic rings. The molecule has 0 saturated carbocycles. The van der Waals surface area contributed by atoms with E-state index in [0.29, 0.717) is 17.1 Å². The predicted octanol–water partition coefficient (Wildman–Crippen LogP) is 2.55. The smallest absolute Gasteiger partial charge is 0.389 e. The van der Waals surface area contributed by atoms with E-state index in [0.717, 1.165) is 0 Å². The second-order valence-electron chi connectivity index (χ2n) is 3.98. The van der Waals surface area contributed by atoms with Crippen LogP contribution in [-0.2, 0) is 0 Å². The first-order valence-electron chi connectivity index (χ1n) is 5.66. The van der Waals surface area contributed by atoms with Crippen LogP contribution in [0.15, 0.2) is 18.2 Å². The van der Waals surface area contributed by atoms with Crippen LogP contribution in [-0.4, -0.2) is 20.4 Å². The molecule has 0 aromatic heterocycles. The van der Waals surface area contributed by atoms with Crippen molar-refractivity contribution in [2.75, 3.05) is 14.2 Å². The fourth-order valence-corrected chi connectivity index (χ4v) is 1.74. The number of methoxy groups -OCH3 is 2. The lowest BCUT2D eigenvalue weighted by Crippen LogP contribution is -2.29. The van der Waals surface area contributed by atoms with Gasteiger partial charge in [0.1, 0.15) is 11.5 Å². The van der Waals surface area contributed by atoms with Gasteiger partial charge in [-0.1, -0.05) is 6.07 Å². The van der Waals surface area contributed by atoms with Crippen molar-refractivity contribution in [2.24, 2.45) is 5.84 Å². The average Bonchev–Trinajstić information content (AvgIpc) is 2.38. The summed E-state index contributed by atoms with van der Waals surface area (Å²) in [4.78, 5) is 0. The highest BCUT2D eigenvalue weighted by Gasteiger charge is 2.29. The van der Waals surface area contributed by atoms with E-state index in [1.54, 1.807) is 18.2 Å². The van der Waals surface area contributed by atoms with E-state index in [-0.39, 0.29) is 6.42 Å². The molecule has 1 aromatic rings. The van der Waals surface area contributed by atoms with Crippen molar-refractivity contribution in [3.63, 3.8) is 0 Å². The molecule has 3 N–H and O–H groups in total. The summed E-state index contributed by atoms with van der Waals surface area (Å²) in [5.74, 6) is 6.32. The van der Waals surface area contributed by atoms with Crippen LogP contribution in [0.25, 0.3) is 0 Å². The summed E-state index contributed by atoms with van der Waals surface area (Å²) in [7, 11) is 2.94. The summed E-state index contributed by atoms with van der Waals surface area (Å²) < 4.78 is 46.9. The zero-order valence-corrected chi connectivity index (χ0v) is 10.8. The van der Waals surface area contributed by atoms with Crippen molar-refractivity contribution in [1.82, 2.24) is 5.43 Å². The number of hydrazine groups is 1. The fourth-order valence-electron chi connectivity index (χ4n) is 1.74. The van der Waals surface area contributed by atoms with E-state index < -0.39 is 18.6 Å². The molecule has 0 amide bonds. The molecular formula is C12H17F3N2O2. The highest BCUT2D eigenvalue weighted by atomic mass is 19.4. The van der Waals surface area contributed by atoms with Gasteiger partial charge >= 0.3 is 6.18 Å². The van der Waals surface area contributed by atoms with Gasteiger partial charge in [-0.25, -0.2) is 0 Å². The maximum atomic E-state index is 12.2. The molecule has 19 heavy (non-hydrogen) atoms. The summed E-state index contributed by atoms with van der Waals surface area (Å²) in [6, 6.07) is 4.25. The lowest BCUT2D eigenvalue weighted by molar-refractivity contribution is -0.136. The Kier molecular flexibility index (Phi) is 5.44. The normalized spacial score (nSPS) is 13.2. The van der Waals surface area contributed by atoms with Crippen LogP contribution >= 0.6 is 0 Å². The van der Waals surface area contributed by atoms with Gasteiger partial charge in [0.2, 0.25) is 0 Å².